The third kappa shape index (κ3) is 3.53. The van der Waals surface area contributed by atoms with Crippen molar-refractivity contribution in [2.45, 2.75) is 59.3 Å². The van der Waals surface area contributed by atoms with Gasteiger partial charge in [-0.1, -0.05) is 41.5 Å². The van der Waals surface area contributed by atoms with Gasteiger partial charge in [0, 0.05) is 16.7 Å². The van der Waals surface area contributed by atoms with E-state index in [1.165, 1.54) is 0 Å². The number of hydrogen-bond acceptors (Lipinski definition) is 3. The number of phenolic OH excluding ortho intramolecular Hbond substituents is 1. The Bertz CT molecular complexity index is 470. The van der Waals surface area contributed by atoms with Crippen molar-refractivity contribution in [3.8, 4) is 5.75 Å². The molecule has 0 amide bonds. The highest BCUT2D eigenvalue weighted by atomic mass is 16.5. The van der Waals surface area contributed by atoms with Crippen LogP contribution in [0.4, 0.5) is 0 Å². The van der Waals surface area contributed by atoms with Crippen molar-refractivity contribution in [1.82, 2.24) is 0 Å². The lowest BCUT2D eigenvalue weighted by Crippen LogP contribution is -2.19. The zero-order valence-corrected chi connectivity index (χ0v) is 13.7. The quantitative estimate of drug-likeness (QED) is 0.623. The van der Waals surface area contributed by atoms with Gasteiger partial charge in [-0.15, -0.1) is 0 Å². The Morgan fingerprint density at radius 3 is 1.75 bits per heavy atom. The van der Waals surface area contributed by atoms with Crippen LogP contribution in [0, 0.1) is 5.41 Å². The van der Waals surface area contributed by atoms with E-state index in [0.29, 0.717) is 12.4 Å². The smallest absolute Gasteiger partial charge is 0.213 e. The van der Waals surface area contributed by atoms with Gasteiger partial charge in [0.2, 0.25) is 5.90 Å². The Labute approximate surface area is 122 Å². The van der Waals surface area contributed by atoms with E-state index in [1.807, 2.05) is 19.1 Å². The van der Waals surface area contributed by atoms with E-state index < -0.39 is 0 Å². The number of ether oxygens (including phenoxy) is 1. The molecule has 0 fully saturated rings. The number of nitrogens with one attached hydrogen (secondary N) is 1. The Morgan fingerprint density at radius 1 is 1.05 bits per heavy atom. The fraction of sp³-hybridized carbons (Fsp3) is 0.588. The average molecular weight is 277 g/mol. The fourth-order valence-electron chi connectivity index (χ4n) is 2.14. The van der Waals surface area contributed by atoms with E-state index >= 15 is 0 Å². The van der Waals surface area contributed by atoms with Crippen LogP contribution in [0.25, 0.3) is 0 Å². The molecule has 2 N–H and O–H groups in total. The minimum atomic E-state index is -0.188. The maximum atomic E-state index is 10.6. The molecule has 0 unspecified atom stereocenters. The number of phenols is 1. The van der Waals surface area contributed by atoms with Crippen molar-refractivity contribution in [3.05, 3.63) is 28.8 Å². The molecule has 112 valence electrons. The second-order valence-corrected chi connectivity index (χ2v) is 7.18. The monoisotopic (exact) mass is 277 g/mol. The Kier molecular flexibility index (Phi) is 4.52. The lowest BCUT2D eigenvalue weighted by Gasteiger charge is -2.28. The largest absolute Gasteiger partial charge is 0.507 e. The van der Waals surface area contributed by atoms with E-state index in [0.717, 1.165) is 16.7 Å². The molecule has 3 nitrogen and oxygen atoms in total. The molecule has 0 radical (unpaired) electrons. The van der Waals surface area contributed by atoms with Crippen molar-refractivity contribution in [2.75, 3.05) is 6.61 Å². The molecule has 3 heteroatoms. The minimum Gasteiger partial charge on any atom is -0.507 e. The van der Waals surface area contributed by atoms with Crippen LogP contribution in [-0.4, -0.2) is 17.6 Å². The summed E-state index contributed by atoms with van der Waals surface area (Å²) in [6.07, 6.45) is 0. The predicted octanol–water partition coefficient (Wildman–Crippen LogP) is 4.35. The van der Waals surface area contributed by atoms with Gasteiger partial charge in [0.05, 0.1) is 6.61 Å². The molecule has 0 saturated heterocycles. The number of hydrogen-bond donors (Lipinski definition) is 2. The van der Waals surface area contributed by atoms with Crippen LogP contribution >= 0.6 is 0 Å². The van der Waals surface area contributed by atoms with Crippen molar-refractivity contribution in [1.29, 1.82) is 5.41 Å². The molecule has 0 spiro atoms. The molecule has 1 rings (SSSR count). The SMILES string of the molecule is CCOC(=N)c1cc(C(C)(C)C)c(O)c(C(C)(C)C)c1. The van der Waals surface area contributed by atoms with Crippen molar-refractivity contribution in [3.63, 3.8) is 0 Å². The van der Waals surface area contributed by atoms with Crippen LogP contribution in [0.15, 0.2) is 12.1 Å². The van der Waals surface area contributed by atoms with Gasteiger partial charge in [-0.25, -0.2) is 0 Å². The van der Waals surface area contributed by atoms with Crippen LogP contribution in [0.1, 0.15) is 65.2 Å². The van der Waals surface area contributed by atoms with Crippen LogP contribution in [0.5, 0.6) is 5.75 Å². The van der Waals surface area contributed by atoms with E-state index in [9.17, 15) is 5.11 Å². The molecule has 1 aromatic rings. The predicted molar refractivity (Wildman–Crippen MR) is 84.0 cm³/mol. The van der Waals surface area contributed by atoms with Gasteiger partial charge >= 0.3 is 0 Å². The van der Waals surface area contributed by atoms with Gasteiger partial charge in [0.15, 0.2) is 0 Å². The third-order valence-corrected chi connectivity index (χ3v) is 3.28. The summed E-state index contributed by atoms with van der Waals surface area (Å²) >= 11 is 0. The lowest BCUT2D eigenvalue weighted by atomic mass is 9.78. The normalized spacial score (nSPS) is 12.3. The molecule has 0 aliphatic carbocycles. The van der Waals surface area contributed by atoms with Crippen molar-refractivity contribution < 1.29 is 9.84 Å². The highest BCUT2D eigenvalue weighted by molar-refractivity contribution is 5.92. The van der Waals surface area contributed by atoms with Crippen LogP contribution in [0.2, 0.25) is 0 Å². The summed E-state index contributed by atoms with van der Waals surface area (Å²) < 4.78 is 5.30. The third-order valence-electron chi connectivity index (χ3n) is 3.28. The molecule has 0 saturated carbocycles. The van der Waals surface area contributed by atoms with Gasteiger partial charge in [-0.05, 0) is 29.9 Å². The molecular weight excluding hydrogens is 250 g/mol. The maximum Gasteiger partial charge on any atom is 0.213 e. The molecule has 0 bridgehead atoms. The minimum absolute atomic E-state index is 0.156. The molecule has 20 heavy (non-hydrogen) atoms. The second kappa shape index (κ2) is 5.47. The summed E-state index contributed by atoms with van der Waals surface area (Å²) in [5.41, 5.74) is 2.05. The first-order valence-corrected chi connectivity index (χ1v) is 7.08. The second-order valence-electron chi connectivity index (χ2n) is 7.18. The van der Waals surface area contributed by atoms with E-state index in [-0.39, 0.29) is 16.7 Å². The number of rotatable bonds is 2. The summed E-state index contributed by atoms with van der Waals surface area (Å²) in [4.78, 5) is 0. The van der Waals surface area contributed by atoms with Gasteiger partial charge in [0.25, 0.3) is 0 Å². The van der Waals surface area contributed by atoms with Gasteiger partial charge < -0.3 is 9.84 Å². The molecular formula is C17H27NO2. The van der Waals surface area contributed by atoms with E-state index in [4.69, 9.17) is 10.1 Å². The van der Waals surface area contributed by atoms with E-state index in [2.05, 4.69) is 41.5 Å². The molecule has 0 aliphatic heterocycles. The summed E-state index contributed by atoms with van der Waals surface area (Å²) in [7, 11) is 0. The number of benzene rings is 1. The van der Waals surface area contributed by atoms with Crippen LogP contribution in [-0.2, 0) is 15.6 Å². The first-order valence-electron chi connectivity index (χ1n) is 7.08. The Morgan fingerprint density at radius 2 is 1.45 bits per heavy atom. The highest BCUT2D eigenvalue weighted by Gasteiger charge is 2.27. The lowest BCUT2D eigenvalue weighted by molar-refractivity contribution is 0.325. The standard InChI is InChI=1S/C17H27NO2/c1-8-20-15(18)11-9-12(16(2,3)4)14(19)13(10-11)17(5,6)7/h9-10,18-19H,8H2,1-7H3. The van der Waals surface area contributed by atoms with Gasteiger partial charge in [0.1, 0.15) is 5.75 Å². The van der Waals surface area contributed by atoms with Crippen LogP contribution < -0.4 is 0 Å². The van der Waals surface area contributed by atoms with Crippen LogP contribution in [0.3, 0.4) is 0 Å². The fourth-order valence-corrected chi connectivity index (χ4v) is 2.14. The first-order chi connectivity index (χ1) is 8.98. The topological polar surface area (TPSA) is 53.3 Å². The Balaban J connectivity index is 3.55. The first kappa shape index (κ1) is 16.5. The molecule has 0 heterocycles. The van der Waals surface area contributed by atoms with Crippen molar-refractivity contribution >= 4 is 5.90 Å². The molecule has 0 atom stereocenters. The summed E-state index contributed by atoms with van der Waals surface area (Å²) in [6, 6.07) is 3.73. The highest BCUT2D eigenvalue weighted by Crippen LogP contribution is 2.39. The van der Waals surface area contributed by atoms with Gasteiger partial charge in [-0.2, -0.15) is 0 Å². The average Bonchev–Trinajstić information content (AvgIpc) is 2.26. The van der Waals surface area contributed by atoms with Gasteiger partial charge in [-0.3, -0.25) is 5.41 Å². The summed E-state index contributed by atoms with van der Waals surface area (Å²) in [6.45, 7) is 14.7. The van der Waals surface area contributed by atoms with Crippen molar-refractivity contribution in [2.24, 2.45) is 0 Å². The summed E-state index contributed by atoms with van der Waals surface area (Å²) in [5.74, 6) is 0.488. The zero-order valence-electron chi connectivity index (χ0n) is 13.7. The molecule has 1 aromatic carbocycles. The summed E-state index contributed by atoms with van der Waals surface area (Å²) in [5, 5.41) is 18.6. The Hall–Kier alpha value is -1.51. The number of aromatic hydroxyl groups is 1. The molecule has 0 aromatic heterocycles. The zero-order chi connectivity index (χ0) is 15.7. The molecule has 0 aliphatic rings. The maximum absolute atomic E-state index is 10.6. The van der Waals surface area contributed by atoms with E-state index in [1.54, 1.807) is 0 Å².